The Bertz CT molecular complexity index is 1590. The number of hydrogen-bond acceptors (Lipinski definition) is 8. The van der Waals surface area contributed by atoms with E-state index in [1.54, 1.807) is 0 Å². The molecule has 2 atom stereocenters. The number of esters is 2. The van der Waals surface area contributed by atoms with Crippen molar-refractivity contribution in [2.24, 2.45) is 5.73 Å². The second-order valence-corrected chi connectivity index (χ2v) is 21.3. The van der Waals surface area contributed by atoms with Crippen LogP contribution in [0.4, 0.5) is 0 Å². The van der Waals surface area contributed by atoms with E-state index >= 15 is 0 Å². The van der Waals surface area contributed by atoms with Crippen LogP contribution >= 0.6 is 7.82 Å². The lowest BCUT2D eigenvalue weighted by Gasteiger charge is -2.19. The normalized spacial score (nSPS) is 13.8. The maximum atomic E-state index is 12.7. The molecule has 10 heteroatoms. The van der Waals surface area contributed by atoms with Crippen molar-refractivity contribution in [3.05, 3.63) is 109 Å². The Morgan fingerprint density at radius 1 is 0.413 bits per heavy atom. The van der Waals surface area contributed by atoms with Crippen LogP contribution in [-0.4, -0.2) is 49.3 Å². The third-order valence-corrected chi connectivity index (χ3v) is 13.6. The molecule has 430 valence electrons. The average molecular weight is 1070 g/mol. The third kappa shape index (κ3) is 59.8. The Kier molecular flexibility index (Phi) is 57.2. The third-order valence-electron chi connectivity index (χ3n) is 12.6. The maximum Gasteiger partial charge on any atom is 0.472 e. The largest absolute Gasteiger partial charge is 0.472 e. The highest BCUT2D eigenvalue weighted by atomic mass is 31.2. The van der Waals surface area contributed by atoms with Crippen molar-refractivity contribution in [3.63, 3.8) is 0 Å². The molecule has 0 saturated heterocycles. The molecule has 0 radical (unpaired) electrons. The van der Waals surface area contributed by atoms with Crippen LogP contribution in [0.25, 0.3) is 0 Å². The van der Waals surface area contributed by atoms with E-state index in [9.17, 15) is 19.0 Å². The number of allylic oxidation sites excluding steroid dienone is 18. The van der Waals surface area contributed by atoms with Crippen molar-refractivity contribution in [3.8, 4) is 0 Å². The number of ether oxygens (including phenoxy) is 2. The zero-order chi connectivity index (χ0) is 54.5. The number of hydrogen-bond donors (Lipinski definition) is 2. The average Bonchev–Trinajstić information content (AvgIpc) is 3.40. The minimum absolute atomic E-state index is 0.0473. The molecule has 0 aromatic carbocycles. The van der Waals surface area contributed by atoms with Crippen molar-refractivity contribution < 1.29 is 37.6 Å². The van der Waals surface area contributed by atoms with Gasteiger partial charge >= 0.3 is 19.8 Å². The summed E-state index contributed by atoms with van der Waals surface area (Å²) in [5.41, 5.74) is 5.39. The molecule has 0 heterocycles. The van der Waals surface area contributed by atoms with Crippen LogP contribution in [0.2, 0.25) is 0 Å². The summed E-state index contributed by atoms with van der Waals surface area (Å²) in [5, 5.41) is 0. The van der Waals surface area contributed by atoms with Crippen LogP contribution in [0.15, 0.2) is 109 Å². The highest BCUT2D eigenvalue weighted by molar-refractivity contribution is 7.47. The molecule has 9 nitrogen and oxygen atoms in total. The predicted octanol–water partition coefficient (Wildman–Crippen LogP) is 19.4. The highest BCUT2D eigenvalue weighted by Crippen LogP contribution is 2.43. The molecule has 0 aromatic heterocycles. The lowest BCUT2D eigenvalue weighted by atomic mass is 10.0. The number of unbranched alkanes of at least 4 members (excludes halogenated alkanes) is 25. The molecular weight excluding hydrogens is 954 g/mol. The van der Waals surface area contributed by atoms with Crippen molar-refractivity contribution in [2.75, 3.05) is 26.4 Å². The summed E-state index contributed by atoms with van der Waals surface area (Å²) < 4.78 is 33.1. The summed E-state index contributed by atoms with van der Waals surface area (Å²) in [7, 11) is -4.40. The van der Waals surface area contributed by atoms with E-state index in [0.717, 1.165) is 96.3 Å². The van der Waals surface area contributed by atoms with Gasteiger partial charge in [0.2, 0.25) is 0 Å². The minimum atomic E-state index is -4.40. The lowest BCUT2D eigenvalue weighted by molar-refractivity contribution is -0.161. The molecule has 0 saturated carbocycles. The topological polar surface area (TPSA) is 134 Å². The Labute approximate surface area is 460 Å². The van der Waals surface area contributed by atoms with Crippen LogP contribution in [0.3, 0.4) is 0 Å². The molecule has 0 rings (SSSR count). The van der Waals surface area contributed by atoms with Crippen LogP contribution in [0.1, 0.15) is 258 Å². The number of carbonyl (C=O) groups excluding carboxylic acids is 2. The van der Waals surface area contributed by atoms with Gasteiger partial charge in [0, 0.05) is 19.4 Å². The summed E-state index contributed by atoms with van der Waals surface area (Å²) in [6, 6.07) is 0. The smallest absolute Gasteiger partial charge is 0.462 e. The van der Waals surface area contributed by atoms with Gasteiger partial charge in [-0.05, 0) is 103 Å². The van der Waals surface area contributed by atoms with Gasteiger partial charge in [-0.25, -0.2) is 4.57 Å². The van der Waals surface area contributed by atoms with Gasteiger partial charge < -0.3 is 20.1 Å². The molecule has 0 spiro atoms. The second kappa shape index (κ2) is 59.9. The van der Waals surface area contributed by atoms with Crippen LogP contribution in [0.5, 0.6) is 0 Å². The van der Waals surface area contributed by atoms with Gasteiger partial charge in [-0.1, -0.05) is 252 Å². The standard InChI is InChI=1S/C65H112NO8P/c1-3-5-7-9-11-13-15-17-19-21-23-25-27-28-29-30-31-32-33-34-36-38-40-42-44-46-48-50-52-54-56-58-65(68)74-63(62-73-75(69,70)72-60-59-66)61-71-64(67)57-55-53-51-49-47-45-43-41-39-37-35-26-24-22-20-18-16-14-12-10-8-6-4-2/h5,7,11,13,16-19,22-25,28-29,31-32,34,36,63H,3-4,6,8-10,12,14-15,20-21,26-27,30,33,35,37-62,66H2,1-2H3,(H,69,70)/b7-5-,13-11-,18-16-,19-17-,24-22-,25-23-,29-28-,32-31-,36-34-. The minimum Gasteiger partial charge on any atom is -0.462 e. The van der Waals surface area contributed by atoms with Gasteiger partial charge in [0.1, 0.15) is 6.61 Å². The van der Waals surface area contributed by atoms with Crippen LogP contribution in [-0.2, 0) is 32.7 Å². The van der Waals surface area contributed by atoms with E-state index in [1.165, 1.54) is 128 Å². The summed E-state index contributed by atoms with van der Waals surface area (Å²) in [6.07, 6.45) is 81.4. The first-order valence-corrected chi connectivity index (χ1v) is 31.9. The SMILES string of the molecule is CC/C=C\C/C=C\C/C=C\C/C=C\C/C=C\C/C=C\C/C=C\CCCCCCCCCCCC(=O)OC(COC(=O)CCCCCCCCCCCCC/C=C\C/C=C\CCCCCCC)COP(=O)(O)OCCN. The van der Waals surface area contributed by atoms with Gasteiger partial charge in [-0.3, -0.25) is 18.6 Å². The summed E-state index contributed by atoms with van der Waals surface area (Å²) in [6.45, 7) is 3.62. The van der Waals surface area contributed by atoms with E-state index in [-0.39, 0.29) is 38.6 Å². The first-order chi connectivity index (χ1) is 36.8. The van der Waals surface area contributed by atoms with Gasteiger partial charge in [-0.2, -0.15) is 0 Å². The molecule has 0 bridgehead atoms. The monoisotopic (exact) mass is 1070 g/mol. The fourth-order valence-electron chi connectivity index (χ4n) is 8.18. The molecule has 2 unspecified atom stereocenters. The van der Waals surface area contributed by atoms with Crippen LogP contribution in [0, 0.1) is 0 Å². The van der Waals surface area contributed by atoms with E-state index < -0.39 is 26.5 Å². The second-order valence-electron chi connectivity index (χ2n) is 19.8. The van der Waals surface area contributed by atoms with E-state index in [2.05, 4.69) is 123 Å². The van der Waals surface area contributed by atoms with Gasteiger partial charge in [0.05, 0.1) is 13.2 Å². The zero-order valence-corrected chi connectivity index (χ0v) is 48.9. The Morgan fingerprint density at radius 3 is 1.09 bits per heavy atom. The molecular formula is C65H112NO8P. The first kappa shape index (κ1) is 71.7. The maximum absolute atomic E-state index is 12.7. The molecule has 0 aliphatic heterocycles. The summed E-state index contributed by atoms with van der Waals surface area (Å²) >= 11 is 0. The first-order valence-electron chi connectivity index (χ1n) is 30.4. The van der Waals surface area contributed by atoms with Crippen molar-refractivity contribution >= 4 is 19.8 Å². The van der Waals surface area contributed by atoms with E-state index in [0.29, 0.717) is 6.42 Å². The zero-order valence-electron chi connectivity index (χ0n) is 48.0. The van der Waals surface area contributed by atoms with Crippen molar-refractivity contribution in [2.45, 2.75) is 264 Å². The fourth-order valence-corrected chi connectivity index (χ4v) is 8.94. The molecule has 3 N–H and O–H groups in total. The van der Waals surface area contributed by atoms with E-state index in [1.807, 2.05) is 0 Å². The Morgan fingerprint density at radius 2 is 0.733 bits per heavy atom. The van der Waals surface area contributed by atoms with E-state index in [4.69, 9.17) is 24.3 Å². The van der Waals surface area contributed by atoms with Gasteiger partial charge in [0.15, 0.2) is 6.10 Å². The molecule has 75 heavy (non-hydrogen) atoms. The molecule has 0 fully saturated rings. The highest BCUT2D eigenvalue weighted by Gasteiger charge is 2.26. The quantitative estimate of drug-likeness (QED) is 0.0264. The predicted molar refractivity (Wildman–Crippen MR) is 321 cm³/mol. The fraction of sp³-hybridized carbons (Fsp3) is 0.692. The number of carbonyl (C=O) groups is 2. The Hall–Kier alpha value is -3.33. The van der Waals surface area contributed by atoms with Gasteiger partial charge in [-0.15, -0.1) is 0 Å². The summed E-state index contributed by atoms with van der Waals surface area (Å²) in [5.74, 6) is -0.838. The van der Waals surface area contributed by atoms with Crippen molar-refractivity contribution in [1.29, 1.82) is 0 Å². The number of nitrogens with two attached hydrogens (primary N) is 1. The molecule has 0 aliphatic carbocycles. The molecule has 0 amide bonds. The molecule has 0 aromatic rings. The Balaban J connectivity index is 4.01. The number of rotatable bonds is 56. The number of phosphoric acid groups is 1. The molecule has 0 aliphatic rings. The van der Waals surface area contributed by atoms with Crippen LogP contribution < -0.4 is 5.73 Å². The number of phosphoric ester groups is 1. The van der Waals surface area contributed by atoms with Crippen molar-refractivity contribution in [1.82, 2.24) is 0 Å². The lowest BCUT2D eigenvalue weighted by Crippen LogP contribution is -2.29. The van der Waals surface area contributed by atoms with Gasteiger partial charge in [0.25, 0.3) is 0 Å². The summed E-state index contributed by atoms with van der Waals surface area (Å²) in [4.78, 5) is 35.2.